The molecule has 124 valence electrons. The van der Waals surface area contributed by atoms with Crippen LogP contribution in [0.1, 0.15) is 28.1 Å². The number of aryl methyl sites for hydroxylation is 1. The quantitative estimate of drug-likeness (QED) is 0.881. The van der Waals surface area contributed by atoms with Crippen molar-refractivity contribution in [3.63, 3.8) is 0 Å². The summed E-state index contributed by atoms with van der Waals surface area (Å²) in [5.74, 6) is -0.268. The molecule has 0 unspecified atom stereocenters. The van der Waals surface area contributed by atoms with Gasteiger partial charge in [-0.1, -0.05) is 12.1 Å². The fourth-order valence-corrected chi connectivity index (χ4v) is 3.79. The van der Waals surface area contributed by atoms with Crippen LogP contribution in [0.2, 0.25) is 0 Å². The lowest BCUT2D eigenvalue weighted by Gasteiger charge is -2.23. The maximum atomic E-state index is 13.0. The standard InChI is InChI=1S/C17H19FN2OS.ClH/c1-11-9-15(17(21)20-14-3-2-8-19-10-14)22-16(11)12-4-6-13(18)7-5-12;/h4-7,9,14,19H,2-3,8,10H2,1H3,(H,20,21);1H/t14-;/m0./s1. The Kier molecular flexibility index (Phi) is 6.16. The van der Waals surface area contributed by atoms with Crippen molar-refractivity contribution in [2.75, 3.05) is 13.1 Å². The van der Waals surface area contributed by atoms with Gasteiger partial charge in [0.15, 0.2) is 0 Å². The molecule has 1 aliphatic heterocycles. The van der Waals surface area contributed by atoms with E-state index in [0.29, 0.717) is 4.88 Å². The molecule has 0 radical (unpaired) electrons. The second kappa shape index (κ2) is 7.90. The van der Waals surface area contributed by atoms with Crippen molar-refractivity contribution in [3.8, 4) is 10.4 Å². The molecule has 23 heavy (non-hydrogen) atoms. The molecule has 1 atom stereocenters. The minimum Gasteiger partial charge on any atom is -0.347 e. The number of hydrogen-bond acceptors (Lipinski definition) is 3. The molecule has 1 amide bonds. The maximum Gasteiger partial charge on any atom is 0.261 e. The Morgan fingerprint density at radius 1 is 1.35 bits per heavy atom. The Morgan fingerprint density at radius 3 is 2.74 bits per heavy atom. The highest BCUT2D eigenvalue weighted by atomic mass is 35.5. The molecule has 0 spiro atoms. The van der Waals surface area contributed by atoms with Crippen LogP contribution >= 0.6 is 23.7 Å². The van der Waals surface area contributed by atoms with Gasteiger partial charge in [-0.05, 0) is 55.6 Å². The summed E-state index contributed by atoms with van der Waals surface area (Å²) in [4.78, 5) is 14.1. The first-order valence-corrected chi connectivity index (χ1v) is 8.33. The number of hydrogen-bond donors (Lipinski definition) is 2. The third kappa shape index (κ3) is 4.31. The van der Waals surface area contributed by atoms with E-state index in [9.17, 15) is 9.18 Å². The van der Waals surface area contributed by atoms with E-state index >= 15 is 0 Å². The lowest BCUT2D eigenvalue weighted by molar-refractivity contribution is 0.0935. The third-order valence-corrected chi connectivity index (χ3v) is 5.17. The van der Waals surface area contributed by atoms with E-state index in [-0.39, 0.29) is 30.2 Å². The Labute approximate surface area is 145 Å². The SMILES string of the molecule is Cc1cc(C(=O)N[C@H]2CCCNC2)sc1-c1ccc(F)cc1.Cl. The first kappa shape index (κ1) is 17.9. The highest BCUT2D eigenvalue weighted by molar-refractivity contribution is 7.17. The molecule has 2 heterocycles. The highest BCUT2D eigenvalue weighted by Gasteiger charge is 2.19. The van der Waals surface area contributed by atoms with Crippen molar-refractivity contribution in [3.05, 3.63) is 46.6 Å². The van der Waals surface area contributed by atoms with E-state index in [4.69, 9.17) is 0 Å². The van der Waals surface area contributed by atoms with E-state index < -0.39 is 0 Å². The van der Waals surface area contributed by atoms with Gasteiger partial charge in [-0.2, -0.15) is 0 Å². The van der Waals surface area contributed by atoms with Gasteiger partial charge in [0.1, 0.15) is 5.82 Å². The zero-order valence-corrected chi connectivity index (χ0v) is 14.5. The van der Waals surface area contributed by atoms with Crippen LogP contribution in [0, 0.1) is 12.7 Å². The number of carbonyl (C=O) groups is 1. The van der Waals surface area contributed by atoms with Crippen molar-refractivity contribution >= 4 is 29.7 Å². The fraction of sp³-hybridized carbons (Fsp3) is 0.353. The summed E-state index contributed by atoms with van der Waals surface area (Å²) in [7, 11) is 0. The lowest BCUT2D eigenvalue weighted by Crippen LogP contribution is -2.45. The van der Waals surface area contributed by atoms with Crippen LogP contribution in [0.15, 0.2) is 30.3 Å². The number of amides is 1. The highest BCUT2D eigenvalue weighted by Crippen LogP contribution is 2.32. The molecule has 1 fully saturated rings. The summed E-state index contributed by atoms with van der Waals surface area (Å²) in [6.07, 6.45) is 2.11. The number of benzene rings is 1. The van der Waals surface area contributed by atoms with E-state index in [1.807, 2.05) is 13.0 Å². The molecule has 3 nitrogen and oxygen atoms in total. The summed E-state index contributed by atoms with van der Waals surface area (Å²) >= 11 is 1.46. The van der Waals surface area contributed by atoms with Gasteiger partial charge in [0, 0.05) is 17.5 Å². The minimum absolute atomic E-state index is 0. The minimum atomic E-state index is -0.249. The molecule has 1 saturated heterocycles. The Balaban J connectivity index is 0.00000192. The molecule has 2 aromatic rings. The zero-order valence-electron chi connectivity index (χ0n) is 12.9. The molecular formula is C17H20ClFN2OS. The molecular weight excluding hydrogens is 335 g/mol. The van der Waals surface area contributed by atoms with E-state index in [2.05, 4.69) is 10.6 Å². The van der Waals surface area contributed by atoms with Crippen molar-refractivity contribution in [1.29, 1.82) is 0 Å². The number of piperidine rings is 1. The van der Waals surface area contributed by atoms with Crippen LogP contribution in [0.4, 0.5) is 4.39 Å². The van der Waals surface area contributed by atoms with Gasteiger partial charge < -0.3 is 10.6 Å². The fourth-order valence-electron chi connectivity index (χ4n) is 2.71. The van der Waals surface area contributed by atoms with Gasteiger partial charge in [-0.25, -0.2) is 4.39 Å². The second-order valence-electron chi connectivity index (χ2n) is 5.65. The molecule has 0 saturated carbocycles. The first-order valence-electron chi connectivity index (χ1n) is 7.51. The van der Waals surface area contributed by atoms with Crippen LogP contribution < -0.4 is 10.6 Å². The predicted octanol–water partition coefficient (Wildman–Crippen LogP) is 3.77. The number of nitrogens with one attached hydrogen (secondary N) is 2. The molecule has 3 rings (SSSR count). The van der Waals surface area contributed by atoms with Crippen molar-refractivity contribution in [1.82, 2.24) is 10.6 Å². The van der Waals surface area contributed by atoms with Gasteiger partial charge in [-0.3, -0.25) is 4.79 Å². The zero-order chi connectivity index (χ0) is 15.5. The van der Waals surface area contributed by atoms with Crippen molar-refractivity contribution in [2.24, 2.45) is 0 Å². The van der Waals surface area contributed by atoms with Gasteiger partial charge in [0.05, 0.1) is 4.88 Å². The number of carbonyl (C=O) groups excluding carboxylic acids is 1. The number of thiophene rings is 1. The summed E-state index contributed by atoms with van der Waals surface area (Å²) in [6.45, 7) is 3.84. The Hall–Kier alpha value is -1.43. The summed E-state index contributed by atoms with van der Waals surface area (Å²) in [5, 5.41) is 6.38. The van der Waals surface area contributed by atoms with E-state index in [0.717, 1.165) is 41.9 Å². The number of halogens is 2. The first-order chi connectivity index (χ1) is 10.6. The van der Waals surface area contributed by atoms with Crippen LogP contribution in [0.3, 0.4) is 0 Å². The van der Waals surface area contributed by atoms with Crippen molar-refractivity contribution in [2.45, 2.75) is 25.8 Å². The molecule has 1 aromatic carbocycles. The topological polar surface area (TPSA) is 41.1 Å². The predicted molar refractivity (Wildman–Crippen MR) is 95.1 cm³/mol. The molecule has 1 aliphatic rings. The van der Waals surface area contributed by atoms with Gasteiger partial charge in [0.25, 0.3) is 5.91 Å². The third-order valence-electron chi connectivity index (χ3n) is 3.88. The largest absolute Gasteiger partial charge is 0.347 e. The lowest BCUT2D eigenvalue weighted by atomic mass is 10.1. The van der Waals surface area contributed by atoms with E-state index in [1.165, 1.54) is 23.5 Å². The molecule has 2 N–H and O–H groups in total. The summed E-state index contributed by atoms with van der Waals surface area (Å²) in [6, 6.07) is 8.51. The molecule has 0 aliphatic carbocycles. The normalized spacial score (nSPS) is 17.4. The Morgan fingerprint density at radius 2 is 2.09 bits per heavy atom. The van der Waals surface area contributed by atoms with Crippen LogP contribution in [0.5, 0.6) is 0 Å². The second-order valence-corrected chi connectivity index (χ2v) is 6.70. The molecule has 0 bridgehead atoms. The summed E-state index contributed by atoms with van der Waals surface area (Å²) in [5.41, 5.74) is 1.99. The van der Waals surface area contributed by atoms with Crippen LogP contribution in [-0.4, -0.2) is 25.0 Å². The van der Waals surface area contributed by atoms with Crippen molar-refractivity contribution < 1.29 is 9.18 Å². The average Bonchev–Trinajstić information content (AvgIpc) is 2.91. The van der Waals surface area contributed by atoms with E-state index in [1.54, 1.807) is 12.1 Å². The summed E-state index contributed by atoms with van der Waals surface area (Å²) < 4.78 is 13.0. The van der Waals surface area contributed by atoms with Crippen LogP contribution in [-0.2, 0) is 0 Å². The maximum absolute atomic E-state index is 13.0. The smallest absolute Gasteiger partial charge is 0.261 e. The average molecular weight is 355 g/mol. The monoisotopic (exact) mass is 354 g/mol. The molecule has 1 aromatic heterocycles. The van der Waals surface area contributed by atoms with Crippen LogP contribution in [0.25, 0.3) is 10.4 Å². The van der Waals surface area contributed by atoms with Gasteiger partial charge >= 0.3 is 0 Å². The van der Waals surface area contributed by atoms with Gasteiger partial charge in [-0.15, -0.1) is 23.7 Å². The Bertz CT molecular complexity index is 666. The number of rotatable bonds is 3. The molecule has 6 heteroatoms. The van der Waals surface area contributed by atoms with Gasteiger partial charge in [0.2, 0.25) is 0 Å².